The van der Waals surface area contributed by atoms with Gasteiger partial charge in [0.2, 0.25) is 18.6 Å². The maximum absolute atomic E-state index is 12.1. The first-order chi connectivity index (χ1) is 11.7. The van der Waals surface area contributed by atoms with Crippen LogP contribution in [-0.2, 0) is 10.5 Å². The highest BCUT2D eigenvalue weighted by atomic mass is 32.2. The number of hydrogen-bond donors (Lipinski definition) is 1. The molecule has 1 N–H and O–H groups in total. The summed E-state index contributed by atoms with van der Waals surface area (Å²) in [5, 5.41) is 11.2. The lowest BCUT2D eigenvalue weighted by molar-refractivity contribution is -0.119. The Morgan fingerprint density at radius 3 is 3.00 bits per heavy atom. The van der Waals surface area contributed by atoms with Crippen molar-refractivity contribution in [1.29, 1.82) is 0 Å². The number of carbonyl (C=O) groups is 1. The molecule has 0 saturated heterocycles. The summed E-state index contributed by atoms with van der Waals surface area (Å²) in [5.41, 5.74) is 0.956. The normalized spacial score (nSPS) is 13.8. The Balaban J connectivity index is 1.50. The van der Waals surface area contributed by atoms with Crippen LogP contribution in [0.5, 0.6) is 11.5 Å². The molecule has 2 heterocycles. The first kappa shape index (κ1) is 17.0. The van der Waals surface area contributed by atoms with E-state index in [1.807, 2.05) is 31.4 Å². The third-order valence-corrected chi connectivity index (χ3v) is 4.67. The Morgan fingerprint density at radius 2 is 2.17 bits per heavy atom. The number of hydrogen-bond acceptors (Lipinski definition) is 8. The van der Waals surface area contributed by atoms with E-state index in [4.69, 9.17) is 13.9 Å². The molecule has 0 fully saturated rings. The summed E-state index contributed by atoms with van der Waals surface area (Å²) in [6.45, 7) is 2.16. The van der Waals surface area contributed by atoms with Crippen molar-refractivity contribution >= 4 is 29.4 Å². The third kappa shape index (κ3) is 4.15. The van der Waals surface area contributed by atoms with E-state index in [1.54, 1.807) is 11.8 Å². The van der Waals surface area contributed by atoms with Crippen LogP contribution in [-0.4, -0.2) is 34.9 Å². The van der Waals surface area contributed by atoms with E-state index in [0.29, 0.717) is 22.6 Å². The Bertz CT molecular complexity index is 722. The van der Waals surface area contributed by atoms with Gasteiger partial charge >= 0.3 is 0 Å². The van der Waals surface area contributed by atoms with E-state index < -0.39 is 0 Å². The minimum atomic E-state index is -0.137. The Morgan fingerprint density at radius 1 is 1.33 bits per heavy atom. The van der Waals surface area contributed by atoms with Crippen molar-refractivity contribution in [2.75, 3.05) is 18.8 Å². The van der Waals surface area contributed by atoms with Gasteiger partial charge < -0.3 is 19.2 Å². The van der Waals surface area contributed by atoms with Gasteiger partial charge in [-0.05, 0) is 30.9 Å². The summed E-state index contributed by atoms with van der Waals surface area (Å²) in [7, 11) is 0. The summed E-state index contributed by atoms with van der Waals surface area (Å²) in [6.07, 6.45) is 1.96. The predicted molar refractivity (Wildman–Crippen MR) is 91.4 cm³/mol. The summed E-state index contributed by atoms with van der Waals surface area (Å²) in [6, 6.07) is 5.51. The number of fused-ring (bicyclic) bond motifs is 1. The van der Waals surface area contributed by atoms with Gasteiger partial charge in [0, 0.05) is 0 Å². The SMILES string of the molecule is CSCc1nnc(SCC(=O)NC(C)c2ccc3c(c2)OCO3)o1. The highest BCUT2D eigenvalue weighted by Crippen LogP contribution is 2.34. The molecule has 128 valence electrons. The van der Waals surface area contributed by atoms with Gasteiger partial charge in [0.1, 0.15) is 0 Å². The Kier molecular flexibility index (Phi) is 5.52. The van der Waals surface area contributed by atoms with Crippen LogP contribution in [0.2, 0.25) is 0 Å². The largest absolute Gasteiger partial charge is 0.454 e. The first-order valence-electron chi connectivity index (χ1n) is 7.28. The lowest BCUT2D eigenvalue weighted by atomic mass is 10.1. The topological polar surface area (TPSA) is 86.5 Å². The number of ether oxygens (including phenoxy) is 2. The monoisotopic (exact) mass is 367 g/mol. The molecule has 9 heteroatoms. The fourth-order valence-electron chi connectivity index (χ4n) is 2.15. The molecule has 0 radical (unpaired) electrons. The molecule has 0 spiro atoms. The maximum Gasteiger partial charge on any atom is 0.277 e. The quantitative estimate of drug-likeness (QED) is 0.748. The van der Waals surface area contributed by atoms with Gasteiger partial charge in [-0.2, -0.15) is 11.8 Å². The fraction of sp³-hybridized carbons (Fsp3) is 0.400. The molecule has 3 rings (SSSR count). The lowest BCUT2D eigenvalue weighted by Gasteiger charge is -2.14. The average Bonchev–Trinajstić information content (AvgIpc) is 3.21. The number of aromatic nitrogens is 2. The zero-order chi connectivity index (χ0) is 16.9. The second-order valence-electron chi connectivity index (χ2n) is 5.09. The lowest BCUT2D eigenvalue weighted by Crippen LogP contribution is -2.28. The van der Waals surface area contributed by atoms with Crippen molar-refractivity contribution in [1.82, 2.24) is 15.5 Å². The third-order valence-electron chi connectivity index (χ3n) is 3.32. The number of thioether (sulfide) groups is 2. The summed E-state index contributed by atoms with van der Waals surface area (Å²) in [5.74, 6) is 2.78. The molecule has 1 aromatic heterocycles. The highest BCUT2D eigenvalue weighted by molar-refractivity contribution is 7.99. The molecule has 7 nitrogen and oxygen atoms in total. The van der Waals surface area contributed by atoms with E-state index in [1.165, 1.54) is 11.8 Å². The molecule has 1 amide bonds. The van der Waals surface area contributed by atoms with Gasteiger partial charge in [-0.3, -0.25) is 4.79 Å². The second kappa shape index (κ2) is 7.80. The molecule has 0 aliphatic carbocycles. The van der Waals surface area contributed by atoms with Gasteiger partial charge in [0.25, 0.3) is 5.22 Å². The Hall–Kier alpha value is -1.87. The number of rotatable bonds is 7. The first-order valence-corrected chi connectivity index (χ1v) is 9.66. The van der Waals surface area contributed by atoms with Crippen LogP contribution in [0, 0.1) is 0 Å². The van der Waals surface area contributed by atoms with Gasteiger partial charge in [-0.1, -0.05) is 17.8 Å². The second-order valence-corrected chi connectivity index (χ2v) is 6.88. The summed E-state index contributed by atoms with van der Waals surface area (Å²) >= 11 is 2.83. The summed E-state index contributed by atoms with van der Waals surface area (Å²) < 4.78 is 16.1. The number of nitrogens with one attached hydrogen (secondary N) is 1. The maximum atomic E-state index is 12.1. The van der Waals surface area contributed by atoms with Crippen LogP contribution in [0.15, 0.2) is 27.8 Å². The van der Waals surface area contributed by atoms with Gasteiger partial charge in [0.05, 0.1) is 17.5 Å². The van der Waals surface area contributed by atoms with Gasteiger partial charge in [-0.15, -0.1) is 10.2 Å². The summed E-state index contributed by atoms with van der Waals surface area (Å²) in [4.78, 5) is 12.1. The molecule has 1 unspecified atom stereocenters. The van der Waals surface area contributed by atoms with Crippen molar-refractivity contribution in [3.63, 3.8) is 0 Å². The molecule has 1 aliphatic heterocycles. The molecular weight excluding hydrogens is 350 g/mol. The van der Waals surface area contributed by atoms with Crippen LogP contribution in [0.1, 0.15) is 24.4 Å². The molecule has 0 saturated carbocycles. The average molecular weight is 367 g/mol. The number of amides is 1. The predicted octanol–water partition coefficient (Wildman–Crippen LogP) is 2.63. The van der Waals surface area contributed by atoms with Crippen molar-refractivity contribution in [3.8, 4) is 11.5 Å². The van der Waals surface area contributed by atoms with E-state index >= 15 is 0 Å². The number of benzene rings is 1. The van der Waals surface area contributed by atoms with Gasteiger partial charge in [0.15, 0.2) is 11.5 Å². The van der Waals surface area contributed by atoms with Crippen LogP contribution < -0.4 is 14.8 Å². The molecule has 0 bridgehead atoms. The van der Waals surface area contributed by atoms with E-state index in [0.717, 1.165) is 11.3 Å². The zero-order valence-electron chi connectivity index (χ0n) is 13.3. The van der Waals surface area contributed by atoms with E-state index in [9.17, 15) is 4.79 Å². The van der Waals surface area contributed by atoms with Gasteiger partial charge in [-0.25, -0.2) is 0 Å². The molecule has 24 heavy (non-hydrogen) atoms. The standard InChI is InChI=1S/C15H17N3O4S2/c1-9(10-3-4-11-12(5-10)21-8-20-11)16-13(19)6-24-15-18-17-14(22-15)7-23-2/h3-5,9H,6-8H2,1-2H3,(H,16,19). The molecule has 1 aliphatic rings. The molecule has 1 atom stereocenters. The molecular formula is C15H17N3O4S2. The fourth-order valence-corrected chi connectivity index (χ4v) is 3.11. The molecule has 1 aromatic carbocycles. The minimum Gasteiger partial charge on any atom is -0.454 e. The Labute approximate surface area is 147 Å². The van der Waals surface area contributed by atoms with Crippen LogP contribution in [0.3, 0.4) is 0 Å². The van der Waals surface area contributed by atoms with E-state index in [-0.39, 0.29) is 24.5 Å². The minimum absolute atomic E-state index is 0.102. The highest BCUT2D eigenvalue weighted by Gasteiger charge is 2.17. The van der Waals surface area contributed by atoms with Crippen LogP contribution in [0.4, 0.5) is 0 Å². The van der Waals surface area contributed by atoms with Crippen molar-refractivity contribution in [3.05, 3.63) is 29.7 Å². The van der Waals surface area contributed by atoms with Crippen molar-refractivity contribution < 1.29 is 18.7 Å². The van der Waals surface area contributed by atoms with Crippen molar-refractivity contribution in [2.45, 2.75) is 23.9 Å². The number of nitrogens with zero attached hydrogens (tertiary/aromatic N) is 2. The van der Waals surface area contributed by atoms with E-state index in [2.05, 4.69) is 15.5 Å². The number of carbonyl (C=O) groups excluding carboxylic acids is 1. The molecule has 2 aromatic rings. The van der Waals surface area contributed by atoms with Crippen molar-refractivity contribution in [2.24, 2.45) is 0 Å². The van der Waals surface area contributed by atoms with Crippen LogP contribution in [0.25, 0.3) is 0 Å². The zero-order valence-corrected chi connectivity index (χ0v) is 14.9. The van der Waals surface area contributed by atoms with Crippen LogP contribution >= 0.6 is 23.5 Å². The smallest absolute Gasteiger partial charge is 0.277 e.